The number of hydrogen-bond donors (Lipinski definition) is 2. The topological polar surface area (TPSA) is 114 Å². The summed E-state index contributed by atoms with van der Waals surface area (Å²) >= 11 is 0. The van der Waals surface area contributed by atoms with Gasteiger partial charge in [-0.15, -0.1) is 5.06 Å². The maximum absolute atomic E-state index is 13.0. The van der Waals surface area contributed by atoms with Crippen molar-refractivity contribution in [3.05, 3.63) is 48.5 Å². The number of ether oxygens (including phenoxy) is 1. The lowest BCUT2D eigenvalue weighted by Gasteiger charge is -2.25. The van der Waals surface area contributed by atoms with Crippen LogP contribution in [0, 0.1) is 0 Å². The lowest BCUT2D eigenvalue weighted by molar-refractivity contribution is -0.159. The van der Waals surface area contributed by atoms with E-state index in [4.69, 9.17) is 9.57 Å². The van der Waals surface area contributed by atoms with Crippen LogP contribution in [-0.4, -0.2) is 49.3 Å². The second kappa shape index (κ2) is 10.6. The summed E-state index contributed by atoms with van der Waals surface area (Å²) in [6.07, 6.45) is 0.396. The molecule has 1 atom stereocenters. The number of hydrogen-bond acceptors (Lipinski definition) is 7. The molecule has 0 bridgehead atoms. The van der Waals surface area contributed by atoms with E-state index >= 15 is 0 Å². The highest BCUT2D eigenvalue weighted by molar-refractivity contribution is 7.89. The van der Waals surface area contributed by atoms with Gasteiger partial charge >= 0.3 is 6.16 Å². The molecule has 9 nitrogen and oxygen atoms in total. The van der Waals surface area contributed by atoms with E-state index in [2.05, 4.69) is 10.0 Å². The molecule has 0 aromatic heterocycles. The normalized spacial score (nSPS) is 17.0. The van der Waals surface area contributed by atoms with E-state index in [0.717, 1.165) is 0 Å². The molecule has 0 unspecified atom stereocenters. The smallest absolute Gasteiger partial charge is 0.427 e. The van der Waals surface area contributed by atoms with Gasteiger partial charge in [0.25, 0.3) is 0 Å². The molecule has 10 heteroatoms. The maximum atomic E-state index is 13.0. The third-order valence-electron chi connectivity index (χ3n) is 5.17. The van der Waals surface area contributed by atoms with Crippen LogP contribution in [-0.2, 0) is 24.4 Å². The number of rotatable bonds is 6. The molecule has 1 saturated heterocycles. The molecule has 0 radical (unpaired) electrons. The number of benzene rings is 2. The van der Waals surface area contributed by atoms with E-state index in [9.17, 15) is 18.0 Å². The van der Waals surface area contributed by atoms with Gasteiger partial charge in [-0.1, -0.05) is 30.3 Å². The largest absolute Gasteiger partial charge is 0.528 e. The highest BCUT2D eigenvalue weighted by atomic mass is 32.2. The number of carbonyl (C=O) groups excluding carboxylic acids is 2. The Morgan fingerprint density at radius 1 is 0.972 bits per heavy atom. The van der Waals surface area contributed by atoms with Crippen LogP contribution < -0.4 is 10.0 Å². The molecule has 1 fully saturated rings. The number of nitrogens with zero attached hydrogens (tertiary/aromatic N) is 1. The molecule has 0 spiro atoms. The number of hydroxylamine groups is 2. The van der Waals surface area contributed by atoms with Gasteiger partial charge < -0.3 is 14.9 Å². The SMILES string of the molecule is CC(C)(C)NS(=O)(=O)c1ccccc1-c1ccc(NC(=O)[C@@H]2CCCN2OC(=O)OC(C)(C)C)cc1. The van der Waals surface area contributed by atoms with Gasteiger partial charge in [-0.05, 0) is 78.1 Å². The van der Waals surface area contributed by atoms with Crippen molar-refractivity contribution in [1.29, 1.82) is 0 Å². The monoisotopic (exact) mass is 517 g/mol. The van der Waals surface area contributed by atoms with Gasteiger partial charge in [-0.2, -0.15) is 0 Å². The molecule has 2 N–H and O–H groups in total. The van der Waals surface area contributed by atoms with E-state index < -0.39 is 33.4 Å². The maximum Gasteiger partial charge on any atom is 0.528 e. The Morgan fingerprint density at radius 3 is 2.22 bits per heavy atom. The van der Waals surface area contributed by atoms with Crippen molar-refractivity contribution in [2.75, 3.05) is 11.9 Å². The number of nitrogens with one attached hydrogen (secondary N) is 2. The fourth-order valence-electron chi connectivity index (χ4n) is 3.83. The number of amides is 1. The molecule has 2 aromatic carbocycles. The van der Waals surface area contributed by atoms with Gasteiger partial charge in [0.05, 0.1) is 4.90 Å². The number of sulfonamides is 1. The van der Waals surface area contributed by atoms with E-state index in [1.54, 1.807) is 90.1 Å². The molecule has 1 aliphatic heterocycles. The van der Waals surface area contributed by atoms with E-state index in [-0.39, 0.29) is 10.8 Å². The first-order valence-electron chi connectivity index (χ1n) is 11.9. The Hall–Kier alpha value is -2.95. The minimum absolute atomic E-state index is 0.178. The fourth-order valence-corrected chi connectivity index (χ4v) is 5.48. The zero-order valence-electron chi connectivity index (χ0n) is 21.6. The zero-order chi connectivity index (χ0) is 26.7. The second-order valence-corrected chi connectivity index (χ2v) is 12.4. The Bertz CT molecular complexity index is 1200. The average molecular weight is 518 g/mol. The molecule has 1 heterocycles. The Balaban J connectivity index is 1.72. The van der Waals surface area contributed by atoms with Crippen LogP contribution in [0.25, 0.3) is 11.1 Å². The van der Waals surface area contributed by atoms with Crippen molar-refractivity contribution in [1.82, 2.24) is 9.79 Å². The minimum atomic E-state index is -3.74. The van der Waals surface area contributed by atoms with Gasteiger partial charge in [0.1, 0.15) is 11.6 Å². The Labute approximate surface area is 213 Å². The molecule has 3 rings (SSSR count). The van der Waals surface area contributed by atoms with Crippen LogP contribution in [0.15, 0.2) is 53.4 Å². The van der Waals surface area contributed by atoms with Gasteiger partial charge in [-0.3, -0.25) is 4.79 Å². The lowest BCUT2D eigenvalue weighted by atomic mass is 10.1. The summed E-state index contributed by atoms with van der Waals surface area (Å²) in [5, 5.41) is 4.19. The molecule has 36 heavy (non-hydrogen) atoms. The third kappa shape index (κ3) is 7.52. The summed E-state index contributed by atoms with van der Waals surface area (Å²) in [5.41, 5.74) is 0.470. The van der Waals surface area contributed by atoms with Crippen LogP contribution in [0.4, 0.5) is 10.5 Å². The highest BCUT2D eigenvalue weighted by Crippen LogP contribution is 2.29. The molecule has 0 saturated carbocycles. The predicted octanol–water partition coefficient (Wildman–Crippen LogP) is 4.70. The molecule has 1 aliphatic rings. The number of anilines is 1. The molecular formula is C26H35N3O6S. The Kier molecular flexibility index (Phi) is 8.12. The number of carbonyl (C=O) groups is 2. The quantitative estimate of drug-likeness (QED) is 0.534. The van der Waals surface area contributed by atoms with Gasteiger partial charge in [0.2, 0.25) is 15.9 Å². The molecule has 1 amide bonds. The van der Waals surface area contributed by atoms with E-state index in [0.29, 0.717) is 36.2 Å². The van der Waals surface area contributed by atoms with Crippen LogP contribution in [0.5, 0.6) is 0 Å². The summed E-state index contributed by atoms with van der Waals surface area (Å²) in [6, 6.07) is 13.1. The predicted molar refractivity (Wildman–Crippen MR) is 138 cm³/mol. The van der Waals surface area contributed by atoms with Gasteiger partial charge in [-0.25, -0.2) is 17.9 Å². The molecule has 2 aromatic rings. The highest BCUT2D eigenvalue weighted by Gasteiger charge is 2.35. The molecular weight excluding hydrogens is 482 g/mol. The van der Waals surface area contributed by atoms with Crippen LogP contribution in [0.2, 0.25) is 0 Å². The summed E-state index contributed by atoms with van der Waals surface area (Å²) in [4.78, 5) is 30.4. The van der Waals surface area contributed by atoms with Crippen molar-refractivity contribution in [2.24, 2.45) is 0 Å². The Morgan fingerprint density at radius 2 is 1.61 bits per heavy atom. The molecule has 0 aliphatic carbocycles. The van der Waals surface area contributed by atoms with Crippen LogP contribution in [0.1, 0.15) is 54.4 Å². The van der Waals surface area contributed by atoms with Crippen molar-refractivity contribution < 1.29 is 27.6 Å². The fraction of sp³-hybridized carbons (Fsp3) is 0.462. The first-order valence-corrected chi connectivity index (χ1v) is 13.3. The van der Waals surface area contributed by atoms with Crippen molar-refractivity contribution in [3.63, 3.8) is 0 Å². The van der Waals surface area contributed by atoms with Crippen LogP contribution in [0.3, 0.4) is 0 Å². The summed E-state index contributed by atoms with van der Waals surface area (Å²) < 4.78 is 33.8. The first kappa shape index (κ1) is 27.6. The summed E-state index contributed by atoms with van der Waals surface area (Å²) in [5.74, 6) is -0.304. The zero-order valence-corrected chi connectivity index (χ0v) is 22.4. The van der Waals surface area contributed by atoms with E-state index in [1.807, 2.05) is 0 Å². The standard InChI is InChI=1S/C26H35N3O6S/c1-25(2,3)28-36(32,33)22-12-8-7-10-20(22)18-13-15-19(16-14-18)27-23(30)21-11-9-17-29(21)35-24(31)34-26(4,5)6/h7-8,10,12-16,21,28H,9,11,17H2,1-6H3,(H,27,30)/t21-/m0/s1. The van der Waals surface area contributed by atoms with Crippen molar-refractivity contribution in [3.8, 4) is 11.1 Å². The summed E-state index contributed by atoms with van der Waals surface area (Å²) in [7, 11) is -3.74. The van der Waals surface area contributed by atoms with Crippen molar-refractivity contribution >= 4 is 27.8 Å². The average Bonchev–Trinajstić information content (AvgIpc) is 3.19. The van der Waals surface area contributed by atoms with Gasteiger partial charge in [0, 0.05) is 23.3 Å². The van der Waals surface area contributed by atoms with Crippen molar-refractivity contribution in [2.45, 2.75) is 76.5 Å². The van der Waals surface area contributed by atoms with E-state index in [1.165, 1.54) is 5.06 Å². The third-order valence-corrected chi connectivity index (χ3v) is 6.98. The molecule has 196 valence electrons. The summed E-state index contributed by atoms with van der Waals surface area (Å²) in [6.45, 7) is 11.0. The second-order valence-electron chi connectivity index (χ2n) is 10.8. The van der Waals surface area contributed by atoms with Crippen LogP contribution >= 0.6 is 0 Å². The van der Waals surface area contributed by atoms with Gasteiger partial charge in [0.15, 0.2) is 0 Å². The lowest BCUT2D eigenvalue weighted by Crippen LogP contribution is -2.41. The first-order chi connectivity index (χ1) is 16.6. The minimum Gasteiger partial charge on any atom is -0.427 e.